The van der Waals surface area contributed by atoms with Gasteiger partial charge in [0.2, 0.25) is 17.7 Å². The molecule has 0 heterocycles. The summed E-state index contributed by atoms with van der Waals surface area (Å²) in [5, 5.41) is 36.0. The maximum atomic E-state index is 13.5. The van der Waals surface area contributed by atoms with Crippen LogP contribution in [0.1, 0.15) is 29.5 Å². The zero-order chi connectivity index (χ0) is 32.1. The number of amides is 3. The van der Waals surface area contributed by atoms with Gasteiger partial charge in [0.15, 0.2) is 0 Å². The summed E-state index contributed by atoms with van der Waals surface area (Å²) in [7, 11) is 0. The van der Waals surface area contributed by atoms with Gasteiger partial charge < -0.3 is 37.0 Å². The summed E-state index contributed by atoms with van der Waals surface area (Å²) in [6, 6.07) is 18.7. The third-order valence-corrected chi connectivity index (χ3v) is 6.82. The molecule has 4 unspecified atom stereocenters. The molecule has 0 aromatic heterocycles. The standard InChI is InChI=1S/C32H36N4O8/c33-24(17-20-7-3-1-4-8-20)29(40)35-26(18-21-9-5-2-6-10-21)31(42)34-25(15-16-28(38)39)30(41)36-27(32(43)44)19-22-11-13-23(37)14-12-22/h1-14,24-27,37H,15-19,33H2,(H,34,42)(H,35,40)(H,36,41)(H,38,39)(H,43,44). The largest absolute Gasteiger partial charge is 0.508 e. The molecule has 3 amide bonds. The first-order chi connectivity index (χ1) is 21.0. The molecule has 8 N–H and O–H groups in total. The van der Waals surface area contributed by atoms with Crippen LogP contribution in [-0.2, 0) is 43.2 Å². The van der Waals surface area contributed by atoms with E-state index in [9.17, 15) is 39.3 Å². The predicted octanol–water partition coefficient (Wildman–Crippen LogP) is 1.15. The van der Waals surface area contributed by atoms with Crippen LogP contribution < -0.4 is 21.7 Å². The number of carbonyl (C=O) groups excluding carboxylic acids is 3. The van der Waals surface area contributed by atoms with Crippen LogP contribution in [0.25, 0.3) is 0 Å². The Morgan fingerprint density at radius 3 is 1.59 bits per heavy atom. The Morgan fingerprint density at radius 2 is 1.05 bits per heavy atom. The van der Waals surface area contributed by atoms with E-state index in [1.807, 2.05) is 30.3 Å². The first-order valence-electron chi connectivity index (χ1n) is 14.0. The van der Waals surface area contributed by atoms with Crippen molar-refractivity contribution in [3.63, 3.8) is 0 Å². The van der Waals surface area contributed by atoms with Crippen molar-refractivity contribution in [1.82, 2.24) is 16.0 Å². The topological polar surface area (TPSA) is 208 Å². The lowest BCUT2D eigenvalue weighted by Gasteiger charge is -2.25. The van der Waals surface area contributed by atoms with Crippen LogP contribution in [0.5, 0.6) is 5.75 Å². The Labute approximate surface area is 254 Å². The SMILES string of the molecule is NC(Cc1ccccc1)C(=O)NC(Cc1ccccc1)C(=O)NC(CCC(=O)O)C(=O)NC(Cc1ccc(O)cc1)C(=O)O. The summed E-state index contributed by atoms with van der Waals surface area (Å²) in [5.41, 5.74) is 8.18. The first kappa shape index (κ1) is 33.3. The third kappa shape index (κ3) is 10.9. The molecule has 232 valence electrons. The Bertz CT molecular complexity index is 1420. The highest BCUT2D eigenvalue weighted by Gasteiger charge is 2.31. The van der Waals surface area contributed by atoms with Gasteiger partial charge in [-0.1, -0.05) is 72.8 Å². The number of nitrogens with one attached hydrogen (secondary N) is 3. The summed E-state index contributed by atoms with van der Waals surface area (Å²) < 4.78 is 0. The normalized spacial score (nSPS) is 13.5. The molecule has 0 saturated heterocycles. The predicted molar refractivity (Wildman–Crippen MR) is 160 cm³/mol. The van der Waals surface area contributed by atoms with E-state index in [0.717, 1.165) is 5.56 Å². The van der Waals surface area contributed by atoms with E-state index in [-0.39, 0.29) is 31.4 Å². The highest BCUT2D eigenvalue weighted by atomic mass is 16.4. The van der Waals surface area contributed by atoms with E-state index in [1.165, 1.54) is 24.3 Å². The number of carbonyl (C=O) groups is 5. The first-order valence-corrected chi connectivity index (χ1v) is 14.0. The van der Waals surface area contributed by atoms with Crippen LogP contribution in [0.15, 0.2) is 84.9 Å². The number of hydrogen-bond acceptors (Lipinski definition) is 7. The molecule has 0 aliphatic carbocycles. The zero-order valence-corrected chi connectivity index (χ0v) is 23.9. The second kappa shape index (κ2) is 16.4. The van der Waals surface area contributed by atoms with Gasteiger partial charge >= 0.3 is 11.9 Å². The lowest BCUT2D eigenvalue weighted by atomic mass is 10.0. The minimum atomic E-state index is -1.42. The molecule has 0 aliphatic heterocycles. The van der Waals surface area contributed by atoms with Crippen LogP contribution in [-0.4, -0.2) is 69.1 Å². The fraction of sp³-hybridized carbons (Fsp3) is 0.281. The fourth-order valence-corrected chi connectivity index (χ4v) is 4.45. The molecule has 3 aromatic carbocycles. The molecule has 0 saturated carbocycles. The summed E-state index contributed by atoms with van der Waals surface area (Å²) >= 11 is 0. The quantitative estimate of drug-likeness (QED) is 0.125. The fourth-order valence-electron chi connectivity index (χ4n) is 4.45. The molecular weight excluding hydrogens is 568 g/mol. The van der Waals surface area contributed by atoms with Gasteiger partial charge in [0.1, 0.15) is 23.9 Å². The number of carboxylic acid groups (broad SMARTS) is 2. The number of carboxylic acids is 2. The average Bonchev–Trinajstić information content (AvgIpc) is 3.00. The zero-order valence-electron chi connectivity index (χ0n) is 23.9. The summed E-state index contributed by atoms with van der Waals surface area (Å²) in [4.78, 5) is 63.1. The van der Waals surface area contributed by atoms with Gasteiger partial charge in [0, 0.05) is 19.3 Å². The monoisotopic (exact) mass is 604 g/mol. The van der Waals surface area contributed by atoms with Gasteiger partial charge in [-0.2, -0.15) is 0 Å². The molecule has 0 radical (unpaired) electrons. The number of benzene rings is 3. The van der Waals surface area contributed by atoms with Crippen molar-refractivity contribution in [3.05, 3.63) is 102 Å². The van der Waals surface area contributed by atoms with Gasteiger partial charge in [-0.25, -0.2) is 4.79 Å². The van der Waals surface area contributed by atoms with Gasteiger partial charge in [-0.3, -0.25) is 19.2 Å². The van der Waals surface area contributed by atoms with Crippen LogP contribution in [0, 0.1) is 0 Å². The van der Waals surface area contributed by atoms with Crippen LogP contribution in [0.3, 0.4) is 0 Å². The third-order valence-electron chi connectivity index (χ3n) is 6.82. The molecule has 4 atom stereocenters. The van der Waals surface area contributed by atoms with Crippen molar-refractivity contribution in [1.29, 1.82) is 0 Å². The molecule has 3 rings (SSSR count). The molecular formula is C32H36N4O8. The van der Waals surface area contributed by atoms with Crippen LogP contribution in [0.4, 0.5) is 0 Å². The van der Waals surface area contributed by atoms with E-state index < -0.39 is 60.2 Å². The molecule has 0 fully saturated rings. The molecule has 12 heteroatoms. The van der Waals surface area contributed by atoms with Crippen molar-refractivity contribution in [2.45, 2.75) is 56.3 Å². The molecule has 0 spiro atoms. The number of nitrogens with two attached hydrogens (primary N) is 1. The minimum Gasteiger partial charge on any atom is -0.508 e. The average molecular weight is 605 g/mol. The maximum Gasteiger partial charge on any atom is 0.326 e. The van der Waals surface area contributed by atoms with Crippen LogP contribution in [0.2, 0.25) is 0 Å². The van der Waals surface area contributed by atoms with E-state index in [2.05, 4.69) is 16.0 Å². The second-order valence-electron chi connectivity index (χ2n) is 10.3. The highest BCUT2D eigenvalue weighted by molar-refractivity contribution is 5.94. The van der Waals surface area contributed by atoms with E-state index in [1.54, 1.807) is 30.3 Å². The van der Waals surface area contributed by atoms with Crippen molar-refractivity contribution in [2.75, 3.05) is 0 Å². The summed E-state index contributed by atoms with van der Waals surface area (Å²) in [6.07, 6.45) is -0.702. The summed E-state index contributed by atoms with van der Waals surface area (Å²) in [5.74, 6) is -4.87. The molecule has 0 bridgehead atoms. The molecule has 44 heavy (non-hydrogen) atoms. The summed E-state index contributed by atoms with van der Waals surface area (Å²) in [6.45, 7) is 0. The Balaban J connectivity index is 1.77. The van der Waals surface area contributed by atoms with Gasteiger partial charge in [-0.15, -0.1) is 0 Å². The van der Waals surface area contributed by atoms with E-state index in [0.29, 0.717) is 11.1 Å². The number of aromatic hydroxyl groups is 1. The van der Waals surface area contributed by atoms with Gasteiger partial charge in [0.05, 0.1) is 6.04 Å². The maximum absolute atomic E-state index is 13.5. The van der Waals surface area contributed by atoms with Crippen LogP contribution >= 0.6 is 0 Å². The number of aliphatic carboxylic acids is 2. The second-order valence-corrected chi connectivity index (χ2v) is 10.3. The molecule has 12 nitrogen and oxygen atoms in total. The van der Waals surface area contributed by atoms with Crippen molar-refractivity contribution in [2.24, 2.45) is 5.73 Å². The van der Waals surface area contributed by atoms with Crippen molar-refractivity contribution in [3.8, 4) is 5.75 Å². The van der Waals surface area contributed by atoms with Gasteiger partial charge in [-0.05, 0) is 41.7 Å². The van der Waals surface area contributed by atoms with Gasteiger partial charge in [0.25, 0.3) is 0 Å². The lowest BCUT2D eigenvalue weighted by molar-refractivity contribution is -0.143. The number of phenols is 1. The smallest absolute Gasteiger partial charge is 0.326 e. The molecule has 3 aromatic rings. The minimum absolute atomic E-state index is 0.0146. The number of rotatable bonds is 16. The lowest BCUT2D eigenvalue weighted by Crippen LogP contribution is -2.58. The Morgan fingerprint density at radius 1 is 0.591 bits per heavy atom. The van der Waals surface area contributed by atoms with E-state index >= 15 is 0 Å². The van der Waals surface area contributed by atoms with Crippen molar-refractivity contribution >= 4 is 29.7 Å². The van der Waals surface area contributed by atoms with E-state index in [4.69, 9.17) is 5.73 Å². The highest BCUT2D eigenvalue weighted by Crippen LogP contribution is 2.12. The number of phenolic OH excluding ortho intramolecular Hbond substituents is 1. The number of hydrogen-bond donors (Lipinski definition) is 7. The van der Waals surface area contributed by atoms with Crippen molar-refractivity contribution < 1.29 is 39.3 Å². The Kier molecular flexibility index (Phi) is 12.4. The molecule has 0 aliphatic rings. The Hall–Kier alpha value is -5.23.